The molecular weight excluding hydrogens is 496 g/mol. The fraction of sp³-hybridized carbons (Fsp3) is 0.481. The first-order chi connectivity index (χ1) is 17.4. The predicted octanol–water partition coefficient (Wildman–Crippen LogP) is 4.28. The SMILES string of the molecule is Cc1cc(Cl)cc(-c2ncnc3cc(CN4C(=O)C5CC5C4=O)sc23)c1CC1CNCC2(CCC2)O1. The molecule has 0 bridgehead atoms. The van der Waals surface area contributed by atoms with Crippen molar-refractivity contribution in [3.8, 4) is 11.3 Å². The van der Waals surface area contributed by atoms with E-state index in [-0.39, 0.29) is 35.4 Å². The summed E-state index contributed by atoms with van der Waals surface area (Å²) in [7, 11) is 0. The Morgan fingerprint density at radius 1 is 1.19 bits per heavy atom. The highest BCUT2D eigenvalue weighted by Gasteiger charge is 2.58. The quantitative estimate of drug-likeness (QED) is 0.503. The van der Waals surface area contributed by atoms with E-state index in [1.807, 2.05) is 18.2 Å². The number of benzene rings is 1. The number of carbonyl (C=O) groups excluding carboxylic acids is 2. The van der Waals surface area contributed by atoms with E-state index in [2.05, 4.69) is 17.2 Å². The molecule has 2 saturated heterocycles. The molecule has 186 valence electrons. The van der Waals surface area contributed by atoms with Crippen LogP contribution in [0.3, 0.4) is 0 Å². The molecule has 36 heavy (non-hydrogen) atoms. The first-order valence-electron chi connectivity index (χ1n) is 12.7. The molecule has 7 rings (SSSR count). The van der Waals surface area contributed by atoms with Gasteiger partial charge in [0.15, 0.2) is 0 Å². The summed E-state index contributed by atoms with van der Waals surface area (Å²) >= 11 is 8.09. The maximum absolute atomic E-state index is 12.5. The Morgan fingerprint density at radius 2 is 2.00 bits per heavy atom. The van der Waals surface area contributed by atoms with Gasteiger partial charge < -0.3 is 10.1 Å². The summed E-state index contributed by atoms with van der Waals surface area (Å²) in [4.78, 5) is 36.5. The molecule has 2 aromatic heterocycles. The van der Waals surface area contributed by atoms with Crippen LogP contribution in [-0.4, -0.2) is 51.5 Å². The van der Waals surface area contributed by atoms with Crippen LogP contribution in [0.15, 0.2) is 24.5 Å². The van der Waals surface area contributed by atoms with E-state index < -0.39 is 0 Å². The fourth-order valence-electron chi connectivity index (χ4n) is 6.10. The highest BCUT2D eigenvalue weighted by Crippen LogP contribution is 2.48. The molecule has 2 aliphatic carbocycles. The van der Waals surface area contributed by atoms with Crippen LogP contribution in [-0.2, 0) is 27.3 Å². The minimum Gasteiger partial charge on any atom is -0.369 e. The third-order valence-electron chi connectivity index (χ3n) is 8.26. The number of aryl methyl sites for hydroxylation is 1. The van der Waals surface area contributed by atoms with Crippen LogP contribution in [0.25, 0.3) is 21.5 Å². The van der Waals surface area contributed by atoms with Crippen molar-refractivity contribution in [2.24, 2.45) is 11.8 Å². The molecule has 2 amide bonds. The lowest BCUT2D eigenvalue weighted by Crippen LogP contribution is -2.57. The summed E-state index contributed by atoms with van der Waals surface area (Å²) in [6.45, 7) is 4.15. The minimum atomic E-state index is -0.0882. The van der Waals surface area contributed by atoms with Crippen molar-refractivity contribution in [1.29, 1.82) is 0 Å². The normalized spacial score (nSPS) is 26.5. The summed E-state index contributed by atoms with van der Waals surface area (Å²) in [5, 5.41) is 4.25. The van der Waals surface area contributed by atoms with Gasteiger partial charge in [-0.3, -0.25) is 14.5 Å². The molecule has 1 spiro atoms. The summed E-state index contributed by atoms with van der Waals surface area (Å²) in [5.41, 5.74) is 4.94. The van der Waals surface area contributed by atoms with Gasteiger partial charge in [-0.25, -0.2) is 9.97 Å². The summed E-state index contributed by atoms with van der Waals surface area (Å²) in [6, 6.07) is 5.96. The summed E-state index contributed by atoms with van der Waals surface area (Å²) in [6.07, 6.45) is 6.64. The topological polar surface area (TPSA) is 84.4 Å². The van der Waals surface area contributed by atoms with Gasteiger partial charge in [-0.05, 0) is 61.9 Å². The number of imide groups is 1. The van der Waals surface area contributed by atoms with Gasteiger partial charge in [-0.15, -0.1) is 11.3 Å². The second-order valence-electron chi connectivity index (χ2n) is 10.7. The van der Waals surface area contributed by atoms with Crippen LogP contribution < -0.4 is 5.32 Å². The number of hydrogen-bond donors (Lipinski definition) is 1. The number of ether oxygens (including phenoxy) is 1. The van der Waals surface area contributed by atoms with Crippen molar-refractivity contribution in [3.05, 3.63) is 45.6 Å². The largest absolute Gasteiger partial charge is 0.369 e. The number of fused-ring (bicyclic) bond motifs is 2. The molecule has 4 heterocycles. The Kier molecular flexibility index (Phi) is 5.26. The summed E-state index contributed by atoms with van der Waals surface area (Å²) in [5.74, 6) is -0.247. The Morgan fingerprint density at radius 3 is 2.75 bits per heavy atom. The molecule has 2 saturated carbocycles. The smallest absolute Gasteiger partial charge is 0.233 e. The van der Waals surface area contributed by atoms with E-state index in [4.69, 9.17) is 21.3 Å². The van der Waals surface area contributed by atoms with E-state index in [0.717, 1.165) is 64.3 Å². The van der Waals surface area contributed by atoms with Crippen LogP contribution in [0.1, 0.15) is 41.7 Å². The van der Waals surface area contributed by atoms with Crippen LogP contribution in [0.4, 0.5) is 0 Å². The van der Waals surface area contributed by atoms with Gasteiger partial charge in [-0.2, -0.15) is 0 Å². The number of thiophene rings is 1. The van der Waals surface area contributed by atoms with Crippen molar-refractivity contribution in [3.63, 3.8) is 0 Å². The molecule has 3 atom stereocenters. The number of likely N-dealkylation sites (tertiary alicyclic amines) is 1. The molecule has 1 N–H and O–H groups in total. The Hall–Kier alpha value is -2.39. The average molecular weight is 523 g/mol. The molecular formula is C27H27ClN4O3S. The van der Waals surface area contributed by atoms with Gasteiger partial charge in [0.2, 0.25) is 11.8 Å². The number of aromatic nitrogens is 2. The number of nitrogens with one attached hydrogen (secondary N) is 1. The van der Waals surface area contributed by atoms with Crippen molar-refractivity contribution in [1.82, 2.24) is 20.2 Å². The predicted molar refractivity (Wildman–Crippen MR) is 138 cm³/mol. The third-order valence-corrected chi connectivity index (χ3v) is 9.59. The lowest BCUT2D eigenvalue weighted by atomic mass is 9.78. The molecule has 3 unspecified atom stereocenters. The zero-order valence-electron chi connectivity index (χ0n) is 20.1. The van der Waals surface area contributed by atoms with Gasteiger partial charge in [0.05, 0.1) is 46.0 Å². The number of rotatable bonds is 5. The van der Waals surface area contributed by atoms with E-state index in [0.29, 0.717) is 18.0 Å². The second-order valence-corrected chi connectivity index (χ2v) is 12.3. The number of amides is 2. The standard InChI is InChI=1S/C27H27ClN4O3S/c1-14-5-15(28)6-19(18(14)7-16-10-29-12-27(35-16)3-2-4-27)23-24-22(30-13-31-23)8-17(36-24)11-32-25(33)20-9-21(20)26(32)34/h5-6,8,13,16,20-21,29H,2-4,7,9-12H2,1H3. The molecule has 4 fully saturated rings. The molecule has 2 aliphatic heterocycles. The lowest BCUT2D eigenvalue weighted by molar-refractivity contribution is -0.156. The second kappa shape index (κ2) is 8.31. The molecule has 7 nitrogen and oxygen atoms in total. The zero-order valence-corrected chi connectivity index (χ0v) is 21.6. The van der Waals surface area contributed by atoms with Gasteiger partial charge in [0, 0.05) is 35.0 Å². The fourth-order valence-corrected chi connectivity index (χ4v) is 7.47. The minimum absolute atomic E-state index is 0.000711. The van der Waals surface area contributed by atoms with Gasteiger partial charge >= 0.3 is 0 Å². The van der Waals surface area contributed by atoms with Crippen LogP contribution in [0, 0.1) is 18.8 Å². The van der Waals surface area contributed by atoms with Crippen LogP contribution in [0.2, 0.25) is 5.02 Å². The number of piperidine rings is 1. The van der Waals surface area contributed by atoms with Crippen molar-refractivity contribution in [2.45, 2.75) is 57.3 Å². The molecule has 0 radical (unpaired) electrons. The Labute approximate surface area is 218 Å². The monoisotopic (exact) mass is 522 g/mol. The number of hydrogen-bond acceptors (Lipinski definition) is 7. The number of halogens is 1. The first-order valence-corrected chi connectivity index (χ1v) is 13.9. The van der Waals surface area contributed by atoms with E-state index >= 15 is 0 Å². The van der Waals surface area contributed by atoms with Crippen LogP contribution >= 0.6 is 22.9 Å². The van der Waals surface area contributed by atoms with Crippen LogP contribution in [0.5, 0.6) is 0 Å². The number of nitrogens with zero attached hydrogens (tertiary/aromatic N) is 3. The van der Waals surface area contributed by atoms with E-state index in [9.17, 15) is 9.59 Å². The maximum Gasteiger partial charge on any atom is 0.233 e. The molecule has 9 heteroatoms. The van der Waals surface area contributed by atoms with Crippen molar-refractivity contribution < 1.29 is 14.3 Å². The Balaban J connectivity index is 1.23. The van der Waals surface area contributed by atoms with Gasteiger partial charge in [0.1, 0.15) is 6.33 Å². The highest BCUT2D eigenvalue weighted by molar-refractivity contribution is 7.19. The average Bonchev–Trinajstić information content (AvgIpc) is 3.48. The molecule has 4 aliphatic rings. The van der Waals surface area contributed by atoms with E-state index in [1.165, 1.54) is 16.9 Å². The lowest BCUT2D eigenvalue weighted by Gasteiger charge is -2.48. The third kappa shape index (κ3) is 3.69. The highest BCUT2D eigenvalue weighted by atomic mass is 35.5. The van der Waals surface area contributed by atoms with Gasteiger partial charge in [-0.1, -0.05) is 11.6 Å². The molecule has 3 aromatic rings. The maximum atomic E-state index is 12.5. The van der Waals surface area contributed by atoms with Crippen molar-refractivity contribution in [2.75, 3.05) is 13.1 Å². The zero-order chi connectivity index (χ0) is 24.6. The van der Waals surface area contributed by atoms with Crippen molar-refractivity contribution >= 4 is 45.0 Å². The summed E-state index contributed by atoms with van der Waals surface area (Å²) < 4.78 is 7.54. The van der Waals surface area contributed by atoms with Gasteiger partial charge in [0.25, 0.3) is 0 Å². The first kappa shape index (κ1) is 22.8. The molecule has 1 aromatic carbocycles. The van der Waals surface area contributed by atoms with E-state index in [1.54, 1.807) is 17.7 Å². The number of morpholine rings is 1. The Bertz CT molecular complexity index is 1400. The number of carbonyl (C=O) groups is 2.